The van der Waals surface area contributed by atoms with Crippen molar-refractivity contribution in [2.75, 3.05) is 6.61 Å². The van der Waals surface area contributed by atoms with Gasteiger partial charge in [0.1, 0.15) is 11.7 Å². The van der Waals surface area contributed by atoms with Gasteiger partial charge in [-0.15, -0.1) is 16.4 Å². The molecule has 2 aliphatic heterocycles. The molecule has 5 rings (SSSR count). The maximum atomic E-state index is 10.6. The van der Waals surface area contributed by atoms with Crippen molar-refractivity contribution in [2.24, 2.45) is 0 Å². The van der Waals surface area contributed by atoms with Gasteiger partial charge in [-0.05, 0) is 43.9 Å². The Hall–Kier alpha value is -1.81. The van der Waals surface area contributed by atoms with Crippen LogP contribution in [0.3, 0.4) is 0 Å². The van der Waals surface area contributed by atoms with Gasteiger partial charge in [-0.3, -0.25) is 4.68 Å². The molecule has 9 heteroatoms. The average Bonchev–Trinajstić information content (AvgIpc) is 3.42. The normalized spacial score (nSPS) is 28.1. The second kappa shape index (κ2) is 9.09. The van der Waals surface area contributed by atoms with Gasteiger partial charge in [-0.1, -0.05) is 41.1 Å². The monoisotopic (exact) mass is 488 g/mol. The molecular weight excluding hydrogens is 460 g/mol. The van der Waals surface area contributed by atoms with Crippen molar-refractivity contribution >= 4 is 22.9 Å². The number of ether oxygens (including phenoxy) is 1. The Balaban J connectivity index is 1.31. The van der Waals surface area contributed by atoms with Crippen LogP contribution in [0.15, 0.2) is 36.5 Å². The van der Waals surface area contributed by atoms with Crippen LogP contribution in [0.25, 0.3) is 0 Å². The first kappa shape index (κ1) is 23.0. The lowest BCUT2D eigenvalue weighted by atomic mass is 9.79. The molecule has 33 heavy (non-hydrogen) atoms. The van der Waals surface area contributed by atoms with Crippen LogP contribution in [0, 0.1) is 6.92 Å². The molecule has 1 saturated heterocycles. The van der Waals surface area contributed by atoms with E-state index in [0.29, 0.717) is 23.7 Å². The van der Waals surface area contributed by atoms with Crippen molar-refractivity contribution < 1.29 is 14.9 Å². The first-order valence-corrected chi connectivity index (χ1v) is 12.6. The Kier molecular flexibility index (Phi) is 6.32. The van der Waals surface area contributed by atoms with Crippen molar-refractivity contribution in [1.82, 2.24) is 20.3 Å². The van der Waals surface area contributed by atoms with Gasteiger partial charge in [-0.25, -0.2) is 0 Å². The number of hydrogen-bond acceptors (Lipinski definition) is 7. The van der Waals surface area contributed by atoms with Gasteiger partial charge in [0.15, 0.2) is 0 Å². The Morgan fingerprint density at radius 1 is 1.36 bits per heavy atom. The van der Waals surface area contributed by atoms with Crippen molar-refractivity contribution in [3.8, 4) is 0 Å². The second-order valence-electron chi connectivity index (χ2n) is 9.25. The Bertz CT molecular complexity index is 1130. The number of benzene rings is 1. The molecule has 2 aliphatic rings. The molecule has 2 aromatic heterocycles. The van der Waals surface area contributed by atoms with Gasteiger partial charge in [0.25, 0.3) is 0 Å². The number of fused-ring (bicyclic) bond motifs is 2. The summed E-state index contributed by atoms with van der Waals surface area (Å²) >= 11 is 7.81. The Morgan fingerprint density at radius 2 is 2.18 bits per heavy atom. The lowest BCUT2D eigenvalue weighted by Crippen LogP contribution is -2.50. The quantitative estimate of drug-likeness (QED) is 0.498. The summed E-state index contributed by atoms with van der Waals surface area (Å²) in [6.45, 7) is 4.99. The first-order chi connectivity index (χ1) is 15.8. The topological polar surface area (TPSA) is 92.4 Å². The van der Waals surface area contributed by atoms with Gasteiger partial charge >= 0.3 is 0 Å². The SMILES string of the molecule is Cc1ccccc1C(O)CCn1cc([C@@H]2C[C@]3(C[C@H](C)N2)OC[C@@H](O)c2cc(Cl)sc23)nn1. The van der Waals surface area contributed by atoms with Gasteiger partial charge in [0.05, 0.1) is 35.0 Å². The van der Waals surface area contributed by atoms with Crippen LogP contribution in [0.1, 0.15) is 71.7 Å². The minimum absolute atomic E-state index is 0.0345. The van der Waals surface area contributed by atoms with Gasteiger partial charge < -0.3 is 20.3 Å². The van der Waals surface area contributed by atoms with Crippen LogP contribution in [0.5, 0.6) is 0 Å². The number of aryl methyl sites for hydroxylation is 2. The third-order valence-corrected chi connectivity index (χ3v) is 8.23. The highest BCUT2D eigenvalue weighted by molar-refractivity contribution is 7.16. The zero-order chi connectivity index (χ0) is 23.2. The number of halogens is 1. The summed E-state index contributed by atoms with van der Waals surface area (Å²) < 4.78 is 8.77. The summed E-state index contributed by atoms with van der Waals surface area (Å²) in [5.74, 6) is 0. The maximum Gasteiger partial charge on any atom is 0.106 e. The number of rotatable bonds is 5. The van der Waals surface area contributed by atoms with Crippen molar-refractivity contribution in [3.63, 3.8) is 0 Å². The highest BCUT2D eigenvalue weighted by Crippen LogP contribution is 2.51. The Morgan fingerprint density at radius 3 is 3.00 bits per heavy atom. The number of piperidine rings is 1. The van der Waals surface area contributed by atoms with Crippen LogP contribution >= 0.6 is 22.9 Å². The maximum absolute atomic E-state index is 10.6. The molecule has 3 N–H and O–H groups in total. The smallest absolute Gasteiger partial charge is 0.106 e. The molecular formula is C24H29ClN4O3S. The molecule has 1 fully saturated rings. The fraction of sp³-hybridized carbons (Fsp3) is 0.500. The van der Waals surface area contributed by atoms with E-state index in [1.165, 1.54) is 11.3 Å². The molecule has 4 heterocycles. The first-order valence-electron chi connectivity index (χ1n) is 11.4. The molecule has 5 atom stereocenters. The van der Waals surface area contributed by atoms with Crippen molar-refractivity contribution in [3.05, 3.63) is 68.1 Å². The minimum atomic E-state index is -0.640. The third kappa shape index (κ3) is 4.48. The summed E-state index contributed by atoms with van der Waals surface area (Å²) in [6.07, 6.45) is 2.82. The molecule has 1 aromatic carbocycles. The van der Waals surface area contributed by atoms with Gasteiger partial charge in [0.2, 0.25) is 0 Å². The molecule has 3 aromatic rings. The zero-order valence-corrected chi connectivity index (χ0v) is 20.3. The molecule has 0 bridgehead atoms. The summed E-state index contributed by atoms with van der Waals surface area (Å²) in [5.41, 5.74) is 3.28. The van der Waals surface area contributed by atoms with Crippen LogP contribution in [0.2, 0.25) is 4.34 Å². The lowest BCUT2D eigenvalue weighted by Gasteiger charge is -2.46. The van der Waals surface area contributed by atoms with Crippen LogP contribution in [-0.2, 0) is 16.9 Å². The zero-order valence-electron chi connectivity index (χ0n) is 18.7. The van der Waals surface area contributed by atoms with E-state index in [1.807, 2.05) is 43.5 Å². The summed E-state index contributed by atoms with van der Waals surface area (Å²) in [7, 11) is 0. The van der Waals surface area contributed by atoms with E-state index in [2.05, 4.69) is 22.6 Å². The minimum Gasteiger partial charge on any atom is -0.388 e. The van der Waals surface area contributed by atoms with E-state index < -0.39 is 17.8 Å². The molecule has 176 valence electrons. The summed E-state index contributed by atoms with van der Waals surface area (Å²) in [4.78, 5) is 1.03. The number of aliphatic hydroxyl groups is 2. The fourth-order valence-corrected chi connectivity index (χ4v) is 6.64. The van der Waals surface area contributed by atoms with Crippen LogP contribution < -0.4 is 5.32 Å². The number of nitrogens with zero attached hydrogens (tertiary/aromatic N) is 3. The number of nitrogens with one attached hydrogen (secondary N) is 1. The van der Waals surface area contributed by atoms with E-state index in [-0.39, 0.29) is 18.7 Å². The molecule has 0 amide bonds. The van der Waals surface area contributed by atoms with E-state index >= 15 is 0 Å². The number of thiophene rings is 1. The van der Waals surface area contributed by atoms with Crippen LogP contribution in [0.4, 0.5) is 0 Å². The predicted molar refractivity (Wildman–Crippen MR) is 127 cm³/mol. The van der Waals surface area contributed by atoms with Gasteiger partial charge in [0, 0.05) is 29.4 Å². The molecule has 1 spiro atoms. The van der Waals surface area contributed by atoms with Crippen molar-refractivity contribution in [1.29, 1.82) is 0 Å². The van der Waals surface area contributed by atoms with Gasteiger partial charge in [-0.2, -0.15) is 0 Å². The highest BCUT2D eigenvalue weighted by atomic mass is 35.5. The van der Waals surface area contributed by atoms with E-state index in [0.717, 1.165) is 33.7 Å². The number of aromatic nitrogens is 3. The number of hydrogen-bond donors (Lipinski definition) is 3. The molecule has 0 aliphatic carbocycles. The number of aliphatic hydroxyl groups excluding tert-OH is 2. The van der Waals surface area contributed by atoms with E-state index in [1.54, 1.807) is 4.68 Å². The average molecular weight is 489 g/mol. The molecule has 0 saturated carbocycles. The van der Waals surface area contributed by atoms with E-state index in [4.69, 9.17) is 16.3 Å². The fourth-order valence-electron chi connectivity index (χ4n) is 5.19. The molecule has 1 unspecified atom stereocenters. The largest absolute Gasteiger partial charge is 0.388 e. The summed E-state index contributed by atoms with van der Waals surface area (Å²) in [5, 5.41) is 33.4. The van der Waals surface area contributed by atoms with E-state index in [9.17, 15) is 10.2 Å². The van der Waals surface area contributed by atoms with Crippen LogP contribution in [-0.4, -0.2) is 37.9 Å². The predicted octanol–water partition coefficient (Wildman–Crippen LogP) is 4.20. The highest BCUT2D eigenvalue weighted by Gasteiger charge is 2.48. The summed E-state index contributed by atoms with van der Waals surface area (Å²) in [6, 6.07) is 9.93. The molecule has 7 nitrogen and oxygen atoms in total. The lowest BCUT2D eigenvalue weighted by molar-refractivity contribution is -0.129. The Labute approximate surface area is 202 Å². The third-order valence-electron chi connectivity index (χ3n) is 6.77. The van der Waals surface area contributed by atoms with Crippen molar-refractivity contribution in [2.45, 2.75) is 69.5 Å². The molecule has 0 radical (unpaired) electrons. The second-order valence-corrected chi connectivity index (χ2v) is 10.9. The standard InChI is InChI=1S/C24H29ClN4O3S/c1-14-5-3-4-6-16(14)20(30)7-8-29-12-19(27-28-29)18-11-24(10-15(2)26-18)23-17(9-22(25)33-23)21(31)13-32-24/h3-6,9,12,15,18,20-21,26,30-31H,7-8,10-11,13H2,1-2H3/t15-,18-,20?,21+,24-/m0/s1.